The van der Waals surface area contributed by atoms with E-state index in [0.29, 0.717) is 28.6 Å². The fraction of sp³-hybridized carbons (Fsp3) is 0.500. The lowest BCUT2D eigenvalue weighted by Gasteiger charge is -2.37. The molecule has 0 amide bonds. The summed E-state index contributed by atoms with van der Waals surface area (Å²) < 4.78 is 66.6. The van der Waals surface area contributed by atoms with E-state index in [1.54, 1.807) is 17.0 Å². The smallest absolute Gasteiger partial charge is 0.391 e. The van der Waals surface area contributed by atoms with Crippen molar-refractivity contribution in [3.8, 4) is 0 Å². The molecule has 2 aliphatic rings. The van der Waals surface area contributed by atoms with Crippen LogP contribution in [0.5, 0.6) is 0 Å². The SMILES string of the molecule is O=C(CCC(c1cnc(C(F)(F)F)nc1)N1CCC(F)(F)CC1)c1cccc2nc(N3CCCC(O)C3)ccc12. The second kappa shape index (κ2) is 11.3. The molecule has 12 heteroatoms. The number of fused-ring (bicyclic) bond motifs is 1. The molecule has 0 bridgehead atoms. The van der Waals surface area contributed by atoms with E-state index in [9.17, 15) is 31.9 Å². The number of anilines is 1. The Balaban J connectivity index is 1.35. The lowest BCUT2D eigenvalue weighted by molar-refractivity contribution is -0.145. The monoisotopic (exact) mass is 563 g/mol. The van der Waals surface area contributed by atoms with E-state index in [-0.39, 0.29) is 44.6 Å². The van der Waals surface area contributed by atoms with Crippen LogP contribution in [0.3, 0.4) is 0 Å². The van der Waals surface area contributed by atoms with Gasteiger partial charge in [0.05, 0.1) is 11.6 Å². The molecule has 1 aromatic carbocycles. The van der Waals surface area contributed by atoms with E-state index >= 15 is 0 Å². The summed E-state index contributed by atoms with van der Waals surface area (Å²) in [6.07, 6.45) is -1.86. The van der Waals surface area contributed by atoms with E-state index in [0.717, 1.165) is 37.6 Å². The van der Waals surface area contributed by atoms with Gasteiger partial charge in [0.25, 0.3) is 5.92 Å². The summed E-state index contributed by atoms with van der Waals surface area (Å²) in [6, 6.07) is 8.33. The number of aliphatic hydroxyl groups excluding tert-OH is 1. The first-order valence-electron chi connectivity index (χ1n) is 13.4. The lowest BCUT2D eigenvalue weighted by Crippen LogP contribution is -2.41. The summed E-state index contributed by atoms with van der Waals surface area (Å²) >= 11 is 0. The molecule has 7 nitrogen and oxygen atoms in total. The maximum atomic E-state index is 13.8. The fourth-order valence-corrected chi connectivity index (χ4v) is 5.51. The minimum Gasteiger partial charge on any atom is -0.391 e. The Bertz CT molecular complexity index is 1340. The number of likely N-dealkylation sites (tertiary alicyclic amines) is 1. The molecule has 1 N–H and O–H groups in total. The van der Waals surface area contributed by atoms with E-state index in [1.807, 2.05) is 23.1 Å². The first-order valence-corrected chi connectivity index (χ1v) is 13.4. The normalized spacial score (nSPS) is 20.9. The predicted octanol–water partition coefficient (Wildman–Crippen LogP) is 5.44. The summed E-state index contributed by atoms with van der Waals surface area (Å²) in [4.78, 5) is 28.8. The number of piperidine rings is 2. The zero-order valence-corrected chi connectivity index (χ0v) is 21.7. The maximum absolute atomic E-state index is 13.8. The number of aromatic nitrogens is 3. The number of aliphatic hydroxyl groups is 1. The highest BCUT2D eigenvalue weighted by Crippen LogP contribution is 2.35. The van der Waals surface area contributed by atoms with Crippen molar-refractivity contribution in [2.75, 3.05) is 31.1 Å². The van der Waals surface area contributed by atoms with Gasteiger partial charge in [0, 0.05) is 80.4 Å². The van der Waals surface area contributed by atoms with Crippen molar-refractivity contribution in [1.29, 1.82) is 0 Å². The number of alkyl halides is 5. The molecule has 5 rings (SSSR count). The number of hydrogen-bond acceptors (Lipinski definition) is 7. The molecule has 4 heterocycles. The third-order valence-corrected chi connectivity index (χ3v) is 7.66. The summed E-state index contributed by atoms with van der Waals surface area (Å²) in [5.74, 6) is -3.54. The standard InChI is InChI=1S/C28H30F5N5O2/c29-27(30)10-13-37(14-11-27)23(18-15-34-26(35-16-18)28(31,32)33)7-8-24(40)21-4-1-5-22-20(21)6-9-25(36-22)38-12-2-3-19(39)17-38/h1,4-6,9,15-16,19,23,39H,2-3,7-8,10-14,17H2. The van der Waals surface area contributed by atoms with E-state index in [4.69, 9.17) is 4.98 Å². The molecule has 2 fully saturated rings. The molecule has 40 heavy (non-hydrogen) atoms. The molecule has 0 aliphatic carbocycles. The number of benzene rings is 1. The van der Waals surface area contributed by atoms with Crippen LogP contribution in [-0.4, -0.2) is 68.9 Å². The van der Waals surface area contributed by atoms with Crippen molar-refractivity contribution >= 4 is 22.5 Å². The van der Waals surface area contributed by atoms with Gasteiger partial charge in [-0.3, -0.25) is 9.69 Å². The fourth-order valence-electron chi connectivity index (χ4n) is 5.51. The highest BCUT2D eigenvalue weighted by Gasteiger charge is 2.38. The molecule has 214 valence electrons. The van der Waals surface area contributed by atoms with Gasteiger partial charge in [-0.05, 0) is 37.5 Å². The van der Waals surface area contributed by atoms with Crippen molar-refractivity contribution < 1.29 is 31.9 Å². The number of carbonyl (C=O) groups excluding carboxylic acids is 1. The molecule has 2 aromatic heterocycles. The molecule has 2 saturated heterocycles. The van der Waals surface area contributed by atoms with Crippen LogP contribution in [0.25, 0.3) is 10.9 Å². The predicted molar refractivity (Wildman–Crippen MR) is 138 cm³/mol. The molecular weight excluding hydrogens is 533 g/mol. The summed E-state index contributed by atoms with van der Waals surface area (Å²) in [5.41, 5.74) is 1.44. The first kappa shape index (κ1) is 28.3. The quantitative estimate of drug-likeness (QED) is 0.303. The Labute approximate surface area is 228 Å². The number of carbonyl (C=O) groups is 1. The van der Waals surface area contributed by atoms with Crippen LogP contribution in [0.1, 0.15) is 66.3 Å². The van der Waals surface area contributed by atoms with Crippen molar-refractivity contribution in [2.45, 2.75) is 62.8 Å². The second-order valence-corrected chi connectivity index (χ2v) is 10.5. The molecule has 2 aliphatic heterocycles. The van der Waals surface area contributed by atoms with Gasteiger partial charge in [-0.1, -0.05) is 12.1 Å². The third-order valence-electron chi connectivity index (χ3n) is 7.66. The molecular formula is C28H30F5N5O2. The third kappa shape index (κ3) is 6.38. The maximum Gasteiger partial charge on any atom is 0.451 e. The number of hydrogen-bond donors (Lipinski definition) is 1. The largest absolute Gasteiger partial charge is 0.451 e. The molecule has 3 aromatic rings. The second-order valence-electron chi connectivity index (χ2n) is 10.5. The van der Waals surface area contributed by atoms with Crippen LogP contribution in [-0.2, 0) is 6.18 Å². The Hall–Kier alpha value is -3.25. The highest BCUT2D eigenvalue weighted by molar-refractivity contribution is 6.07. The van der Waals surface area contributed by atoms with Crippen molar-refractivity contribution in [2.24, 2.45) is 0 Å². The number of Topliss-reactive ketones (excluding diaryl/α,β-unsaturated/α-hetero) is 1. The number of β-amino-alcohol motifs (C(OH)–C–C–N with tert-alkyl or cyclic N) is 1. The van der Waals surface area contributed by atoms with Crippen LogP contribution in [0.4, 0.5) is 27.8 Å². The first-order chi connectivity index (χ1) is 19.0. The van der Waals surface area contributed by atoms with Crippen LogP contribution in [0, 0.1) is 0 Å². The van der Waals surface area contributed by atoms with Crippen molar-refractivity contribution in [3.05, 3.63) is 59.7 Å². The van der Waals surface area contributed by atoms with Crippen LogP contribution >= 0.6 is 0 Å². The van der Waals surface area contributed by atoms with Crippen molar-refractivity contribution in [1.82, 2.24) is 19.9 Å². The zero-order chi connectivity index (χ0) is 28.5. The van der Waals surface area contributed by atoms with E-state index in [2.05, 4.69) is 9.97 Å². The van der Waals surface area contributed by atoms with Gasteiger partial charge in [-0.15, -0.1) is 0 Å². The molecule has 2 atom stereocenters. The van der Waals surface area contributed by atoms with Crippen LogP contribution in [0.15, 0.2) is 42.7 Å². The molecule has 2 unspecified atom stereocenters. The van der Waals surface area contributed by atoms with Gasteiger partial charge in [0.15, 0.2) is 5.78 Å². The highest BCUT2D eigenvalue weighted by atomic mass is 19.4. The number of pyridine rings is 1. The Morgan fingerprint density at radius 2 is 1.80 bits per heavy atom. The van der Waals surface area contributed by atoms with Gasteiger partial charge >= 0.3 is 6.18 Å². The van der Waals surface area contributed by atoms with Gasteiger partial charge in [0.1, 0.15) is 5.82 Å². The number of halogens is 5. The van der Waals surface area contributed by atoms with Crippen molar-refractivity contribution in [3.63, 3.8) is 0 Å². The molecule has 0 saturated carbocycles. The van der Waals surface area contributed by atoms with Gasteiger partial charge in [-0.25, -0.2) is 23.7 Å². The summed E-state index contributed by atoms with van der Waals surface area (Å²) in [7, 11) is 0. The minimum absolute atomic E-state index is 0.0394. The topological polar surface area (TPSA) is 82.5 Å². The number of ketones is 1. The zero-order valence-electron chi connectivity index (χ0n) is 21.7. The van der Waals surface area contributed by atoms with Gasteiger partial charge in [0.2, 0.25) is 5.82 Å². The number of rotatable bonds is 7. The average Bonchev–Trinajstić information content (AvgIpc) is 2.93. The Morgan fingerprint density at radius 3 is 2.48 bits per heavy atom. The summed E-state index contributed by atoms with van der Waals surface area (Å²) in [5, 5.41) is 10.7. The lowest BCUT2D eigenvalue weighted by atomic mass is 9.94. The molecule has 0 radical (unpaired) electrons. The Morgan fingerprint density at radius 1 is 1.07 bits per heavy atom. The van der Waals surface area contributed by atoms with E-state index < -0.39 is 30.1 Å². The van der Waals surface area contributed by atoms with E-state index in [1.165, 1.54) is 0 Å². The summed E-state index contributed by atoms with van der Waals surface area (Å²) in [6.45, 7) is 1.36. The minimum atomic E-state index is -4.70. The average molecular weight is 564 g/mol. The molecule has 0 spiro atoms. The Kier molecular flexibility index (Phi) is 8.01. The number of nitrogens with zero attached hydrogens (tertiary/aromatic N) is 5. The van der Waals surface area contributed by atoms with Gasteiger partial charge in [-0.2, -0.15) is 13.2 Å². The van der Waals surface area contributed by atoms with Crippen LogP contribution < -0.4 is 4.90 Å². The van der Waals surface area contributed by atoms with Crippen LogP contribution in [0.2, 0.25) is 0 Å². The van der Waals surface area contributed by atoms with Gasteiger partial charge < -0.3 is 10.0 Å².